The molecule has 5 heteroatoms. The summed E-state index contributed by atoms with van der Waals surface area (Å²) in [6.07, 6.45) is 7.59. The predicted octanol–water partition coefficient (Wildman–Crippen LogP) is 2.51. The van der Waals surface area contributed by atoms with Gasteiger partial charge in [0.25, 0.3) is 0 Å². The Labute approximate surface area is 125 Å². The number of rotatable bonds is 3. The van der Waals surface area contributed by atoms with Crippen LogP contribution < -0.4 is 10.6 Å². The van der Waals surface area contributed by atoms with E-state index in [4.69, 9.17) is 0 Å². The van der Waals surface area contributed by atoms with Crippen molar-refractivity contribution in [1.29, 1.82) is 0 Å². The van der Waals surface area contributed by atoms with Crippen molar-refractivity contribution in [2.45, 2.75) is 69.9 Å². The van der Waals surface area contributed by atoms with Crippen LogP contribution in [-0.4, -0.2) is 28.7 Å². The van der Waals surface area contributed by atoms with E-state index in [2.05, 4.69) is 17.6 Å². The summed E-state index contributed by atoms with van der Waals surface area (Å²) in [6.45, 7) is 2.14. The lowest BCUT2D eigenvalue weighted by molar-refractivity contribution is -0.146. The molecule has 3 aliphatic carbocycles. The molecular weight excluding hydrogens is 268 g/mol. The van der Waals surface area contributed by atoms with Gasteiger partial charge in [-0.05, 0) is 62.7 Å². The molecule has 118 valence electrons. The topological polar surface area (TPSA) is 78.4 Å². The van der Waals surface area contributed by atoms with Gasteiger partial charge in [-0.15, -0.1) is 0 Å². The van der Waals surface area contributed by atoms with Crippen molar-refractivity contribution >= 4 is 12.0 Å². The zero-order valence-electron chi connectivity index (χ0n) is 12.7. The monoisotopic (exact) mass is 294 g/mol. The molecule has 3 rings (SSSR count). The smallest absolute Gasteiger partial charge is 0.329 e. The summed E-state index contributed by atoms with van der Waals surface area (Å²) in [5, 5.41) is 15.4. The van der Waals surface area contributed by atoms with Crippen molar-refractivity contribution in [2.24, 2.45) is 17.8 Å². The zero-order valence-corrected chi connectivity index (χ0v) is 12.7. The highest BCUT2D eigenvalue weighted by Crippen LogP contribution is 2.44. The second-order valence-corrected chi connectivity index (χ2v) is 7.45. The number of hydrogen-bond acceptors (Lipinski definition) is 2. The van der Waals surface area contributed by atoms with Gasteiger partial charge in [-0.25, -0.2) is 9.59 Å². The van der Waals surface area contributed by atoms with Crippen molar-refractivity contribution in [1.82, 2.24) is 10.6 Å². The first-order valence-electron chi connectivity index (χ1n) is 8.30. The molecule has 0 aromatic rings. The van der Waals surface area contributed by atoms with Crippen molar-refractivity contribution in [3.63, 3.8) is 0 Å². The summed E-state index contributed by atoms with van der Waals surface area (Å²) < 4.78 is 0. The van der Waals surface area contributed by atoms with E-state index in [1.165, 1.54) is 19.3 Å². The third-order valence-electron chi connectivity index (χ3n) is 5.94. The van der Waals surface area contributed by atoms with Crippen molar-refractivity contribution in [2.75, 3.05) is 0 Å². The summed E-state index contributed by atoms with van der Waals surface area (Å²) in [4.78, 5) is 23.9. The van der Waals surface area contributed by atoms with E-state index in [1.807, 2.05) is 0 Å². The number of urea groups is 1. The van der Waals surface area contributed by atoms with E-state index in [0.717, 1.165) is 25.2 Å². The highest BCUT2D eigenvalue weighted by Gasteiger charge is 2.44. The molecule has 0 spiro atoms. The standard InChI is InChI=1S/C16H26N2O3/c1-10-4-6-16(7-5-10,14(19)20)18-15(21)17-13-9-11-2-3-12(13)8-11/h10-13H,2-9H2,1H3,(H,19,20)(H2,17,18,21). The van der Waals surface area contributed by atoms with Crippen LogP contribution in [0.15, 0.2) is 0 Å². The van der Waals surface area contributed by atoms with E-state index in [1.54, 1.807) is 0 Å². The average molecular weight is 294 g/mol. The van der Waals surface area contributed by atoms with Crippen LogP contribution in [-0.2, 0) is 4.79 Å². The minimum atomic E-state index is -1.06. The number of amides is 2. The van der Waals surface area contributed by atoms with Gasteiger partial charge in [0.05, 0.1) is 0 Å². The number of aliphatic carboxylic acids is 1. The Hall–Kier alpha value is -1.26. The first-order chi connectivity index (χ1) is 9.98. The molecule has 0 heterocycles. The maximum Gasteiger partial charge on any atom is 0.329 e. The van der Waals surface area contributed by atoms with Gasteiger partial charge < -0.3 is 15.7 Å². The van der Waals surface area contributed by atoms with Crippen LogP contribution in [0.1, 0.15) is 58.3 Å². The van der Waals surface area contributed by atoms with Crippen LogP contribution >= 0.6 is 0 Å². The number of carbonyl (C=O) groups excluding carboxylic acids is 1. The predicted molar refractivity (Wildman–Crippen MR) is 78.9 cm³/mol. The highest BCUT2D eigenvalue weighted by molar-refractivity contribution is 5.86. The zero-order chi connectivity index (χ0) is 15.0. The number of hydrogen-bond donors (Lipinski definition) is 3. The lowest BCUT2D eigenvalue weighted by atomic mass is 9.77. The Balaban J connectivity index is 1.58. The molecular formula is C16H26N2O3. The number of fused-ring (bicyclic) bond motifs is 2. The molecule has 3 saturated carbocycles. The summed E-state index contributed by atoms with van der Waals surface area (Å²) in [6, 6.07) is -0.0402. The number of nitrogens with one attached hydrogen (secondary N) is 2. The molecule has 0 aliphatic heterocycles. The number of carboxylic acid groups (broad SMARTS) is 1. The van der Waals surface area contributed by atoms with Crippen LogP contribution in [0, 0.1) is 17.8 Å². The third-order valence-corrected chi connectivity index (χ3v) is 5.94. The minimum absolute atomic E-state index is 0.247. The first kappa shape index (κ1) is 14.7. The summed E-state index contributed by atoms with van der Waals surface area (Å²) >= 11 is 0. The Morgan fingerprint density at radius 3 is 2.33 bits per heavy atom. The second kappa shape index (κ2) is 5.50. The highest BCUT2D eigenvalue weighted by atomic mass is 16.4. The molecule has 3 N–H and O–H groups in total. The molecule has 0 aromatic carbocycles. The van der Waals surface area contributed by atoms with Crippen LogP contribution in [0.3, 0.4) is 0 Å². The van der Waals surface area contributed by atoms with Gasteiger partial charge in [0.2, 0.25) is 0 Å². The maximum absolute atomic E-state index is 12.2. The normalized spacial score (nSPS) is 41.8. The molecule has 3 unspecified atom stereocenters. The lowest BCUT2D eigenvalue weighted by Crippen LogP contribution is -2.60. The van der Waals surface area contributed by atoms with Gasteiger partial charge in [0.15, 0.2) is 0 Å². The second-order valence-electron chi connectivity index (χ2n) is 7.45. The van der Waals surface area contributed by atoms with Crippen molar-refractivity contribution in [3.05, 3.63) is 0 Å². The molecule has 3 atom stereocenters. The van der Waals surface area contributed by atoms with E-state index in [0.29, 0.717) is 24.7 Å². The third kappa shape index (κ3) is 2.87. The fourth-order valence-corrected chi connectivity index (χ4v) is 4.49. The average Bonchev–Trinajstić information content (AvgIpc) is 3.03. The van der Waals surface area contributed by atoms with Crippen LogP contribution in [0.2, 0.25) is 0 Å². The van der Waals surface area contributed by atoms with Crippen LogP contribution in [0.25, 0.3) is 0 Å². The molecule has 0 radical (unpaired) electrons. The maximum atomic E-state index is 12.2. The van der Waals surface area contributed by atoms with E-state index >= 15 is 0 Å². The SMILES string of the molecule is CC1CCC(NC(=O)NC2CC3CCC2C3)(C(=O)O)CC1. The van der Waals surface area contributed by atoms with Gasteiger partial charge in [-0.3, -0.25) is 0 Å². The molecule has 5 nitrogen and oxygen atoms in total. The molecule has 21 heavy (non-hydrogen) atoms. The van der Waals surface area contributed by atoms with E-state index in [-0.39, 0.29) is 12.1 Å². The molecule has 2 amide bonds. The van der Waals surface area contributed by atoms with Gasteiger partial charge in [-0.1, -0.05) is 13.3 Å². The molecule has 3 aliphatic rings. The van der Waals surface area contributed by atoms with Crippen molar-refractivity contribution in [3.8, 4) is 0 Å². The van der Waals surface area contributed by atoms with Gasteiger partial charge in [-0.2, -0.15) is 0 Å². The first-order valence-corrected chi connectivity index (χ1v) is 8.30. The Morgan fingerprint density at radius 1 is 1.10 bits per heavy atom. The summed E-state index contributed by atoms with van der Waals surface area (Å²) in [5.74, 6) is 1.03. The van der Waals surface area contributed by atoms with Crippen LogP contribution in [0.5, 0.6) is 0 Å². The number of carboxylic acids is 1. The quantitative estimate of drug-likeness (QED) is 0.748. The Morgan fingerprint density at radius 2 is 1.81 bits per heavy atom. The number of carbonyl (C=O) groups is 2. The minimum Gasteiger partial charge on any atom is -0.480 e. The molecule has 0 aromatic heterocycles. The summed E-state index contributed by atoms with van der Waals surface area (Å²) in [7, 11) is 0. The molecule has 0 saturated heterocycles. The van der Waals surface area contributed by atoms with Crippen LogP contribution in [0.4, 0.5) is 4.79 Å². The molecule has 3 fully saturated rings. The fourth-order valence-electron chi connectivity index (χ4n) is 4.49. The van der Waals surface area contributed by atoms with E-state index < -0.39 is 11.5 Å². The van der Waals surface area contributed by atoms with Gasteiger partial charge in [0.1, 0.15) is 5.54 Å². The molecule has 2 bridgehead atoms. The van der Waals surface area contributed by atoms with Crippen molar-refractivity contribution < 1.29 is 14.7 Å². The van der Waals surface area contributed by atoms with Gasteiger partial charge >= 0.3 is 12.0 Å². The Kier molecular flexibility index (Phi) is 3.84. The fraction of sp³-hybridized carbons (Fsp3) is 0.875. The van der Waals surface area contributed by atoms with E-state index in [9.17, 15) is 14.7 Å². The summed E-state index contributed by atoms with van der Waals surface area (Å²) in [5.41, 5.74) is -1.06. The largest absolute Gasteiger partial charge is 0.480 e. The Bertz CT molecular complexity index is 429. The van der Waals surface area contributed by atoms with Gasteiger partial charge in [0, 0.05) is 6.04 Å². The lowest BCUT2D eigenvalue weighted by Gasteiger charge is -2.37.